The van der Waals surface area contributed by atoms with Crippen LogP contribution in [0.3, 0.4) is 0 Å². The van der Waals surface area contributed by atoms with Crippen molar-refractivity contribution < 1.29 is 14.3 Å². The number of ether oxygens (including phenoxy) is 1. The quantitative estimate of drug-likeness (QED) is 0.520. The smallest absolute Gasteiger partial charge is 0.247 e. The highest BCUT2D eigenvalue weighted by atomic mass is 16.5. The van der Waals surface area contributed by atoms with E-state index in [0.717, 1.165) is 22.4 Å². The van der Waals surface area contributed by atoms with Gasteiger partial charge in [-0.25, -0.2) is 0 Å². The lowest BCUT2D eigenvalue weighted by Gasteiger charge is -2.31. The van der Waals surface area contributed by atoms with Crippen molar-refractivity contribution in [2.24, 2.45) is 0 Å². The van der Waals surface area contributed by atoms with E-state index in [-0.39, 0.29) is 11.8 Å². The normalized spacial score (nSPS) is 11.4. The van der Waals surface area contributed by atoms with Gasteiger partial charge in [0.1, 0.15) is 11.8 Å². The highest BCUT2D eigenvalue weighted by Crippen LogP contribution is 2.25. The van der Waals surface area contributed by atoms with E-state index in [1.807, 2.05) is 73.7 Å². The Morgan fingerprint density at radius 1 is 1.00 bits per heavy atom. The summed E-state index contributed by atoms with van der Waals surface area (Å²) in [5.74, 6) is 0.459. The van der Waals surface area contributed by atoms with Crippen LogP contribution in [0.4, 0.5) is 0 Å². The largest absolute Gasteiger partial charge is 0.497 e. The van der Waals surface area contributed by atoms with E-state index in [9.17, 15) is 9.59 Å². The van der Waals surface area contributed by atoms with E-state index in [1.54, 1.807) is 24.4 Å². The molecule has 0 saturated carbocycles. The third-order valence-electron chi connectivity index (χ3n) is 5.16. The number of carbonyl (C=O) groups excluding carboxylic acids is 2. The molecule has 1 N–H and O–H groups in total. The van der Waals surface area contributed by atoms with Gasteiger partial charge in [0.05, 0.1) is 7.11 Å². The average molecular weight is 432 g/mol. The topological polar surface area (TPSA) is 71.5 Å². The number of carbonyl (C=O) groups is 2. The van der Waals surface area contributed by atoms with Gasteiger partial charge in [-0.05, 0) is 41.3 Å². The Morgan fingerprint density at radius 3 is 2.38 bits per heavy atom. The molecule has 2 amide bonds. The molecule has 0 spiro atoms. The third kappa shape index (κ3) is 6.17. The maximum absolute atomic E-state index is 13.4. The van der Waals surface area contributed by atoms with Crippen LogP contribution in [0.25, 0.3) is 0 Å². The minimum Gasteiger partial charge on any atom is -0.497 e. The summed E-state index contributed by atoms with van der Waals surface area (Å²) in [6.45, 7) is 2.63. The van der Waals surface area contributed by atoms with E-state index in [2.05, 4.69) is 10.3 Å². The van der Waals surface area contributed by atoms with Crippen molar-refractivity contribution in [1.29, 1.82) is 0 Å². The fraction of sp³-hybridized carbons (Fsp3) is 0.269. The molecule has 166 valence electrons. The molecule has 6 heteroatoms. The number of rotatable bonds is 10. The number of hydrogen-bond donors (Lipinski definition) is 1. The number of hydrogen-bond acceptors (Lipinski definition) is 4. The van der Waals surface area contributed by atoms with Crippen molar-refractivity contribution >= 4 is 11.8 Å². The lowest BCUT2D eigenvalue weighted by molar-refractivity contribution is -0.141. The van der Waals surface area contributed by atoms with Gasteiger partial charge in [0.25, 0.3) is 0 Å². The van der Waals surface area contributed by atoms with Gasteiger partial charge < -0.3 is 15.0 Å². The molecule has 0 fully saturated rings. The first-order valence-electron chi connectivity index (χ1n) is 10.8. The van der Waals surface area contributed by atoms with Crippen molar-refractivity contribution in [1.82, 2.24) is 15.2 Å². The molecule has 1 aromatic heterocycles. The van der Waals surface area contributed by atoms with Crippen LogP contribution in [0.5, 0.6) is 5.75 Å². The molecule has 0 aliphatic carbocycles. The van der Waals surface area contributed by atoms with Gasteiger partial charge in [-0.15, -0.1) is 0 Å². The monoisotopic (exact) mass is 431 g/mol. The first-order valence-corrected chi connectivity index (χ1v) is 10.8. The Bertz CT molecular complexity index is 992. The van der Waals surface area contributed by atoms with E-state index >= 15 is 0 Å². The van der Waals surface area contributed by atoms with Crippen LogP contribution in [0.15, 0.2) is 79.1 Å². The standard InChI is InChI=1S/C26H29N3O3/c1-3-8-24(30)29(19-20-12-14-23(32-2)15-13-20)25(22-10-5-4-6-11-22)26(31)28-18-21-9-7-16-27-17-21/h4-7,9-17,25H,3,8,18-19H2,1-2H3,(H,28,31)/t25-/m1/s1. The zero-order chi connectivity index (χ0) is 22.8. The molecular formula is C26H29N3O3. The molecule has 0 radical (unpaired) electrons. The molecule has 6 nitrogen and oxygen atoms in total. The molecular weight excluding hydrogens is 402 g/mol. The summed E-state index contributed by atoms with van der Waals surface area (Å²) in [6.07, 6.45) is 4.49. The Labute approximate surface area is 189 Å². The molecule has 3 aromatic rings. The van der Waals surface area contributed by atoms with E-state index in [4.69, 9.17) is 4.74 Å². The zero-order valence-electron chi connectivity index (χ0n) is 18.5. The fourth-order valence-electron chi connectivity index (χ4n) is 3.51. The maximum Gasteiger partial charge on any atom is 0.247 e. The zero-order valence-corrected chi connectivity index (χ0v) is 18.5. The van der Waals surface area contributed by atoms with Crippen molar-refractivity contribution in [2.75, 3.05) is 7.11 Å². The highest BCUT2D eigenvalue weighted by Gasteiger charge is 2.31. The lowest BCUT2D eigenvalue weighted by Crippen LogP contribution is -2.43. The number of methoxy groups -OCH3 is 1. The van der Waals surface area contributed by atoms with Crippen molar-refractivity contribution in [3.63, 3.8) is 0 Å². The molecule has 0 bridgehead atoms. The Hall–Kier alpha value is -3.67. The molecule has 1 heterocycles. The number of nitrogens with zero attached hydrogens (tertiary/aromatic N) is 2. The summed E-state index contributed by atoms with van der Waals surface area (Å²) >= 11 is 0. The van der Waals surface area contributed by atoms with Crippen LogP contribution in [0.1, 0.15) is 42.5 Å². The van der Waals surface area contributed by atoms with Gasteiger partial charge in [-0.3, -0.25) is 14.6 Å². The number of amides is 2. The highest BCUT2D eigenvalue weighted by molar-refractivity contribution is 5.88. The summed E-state index contributed by atoms with van der Waals surface area (Å²) in [7, 11) is 1.62. The van der Waals surface area contributed by atoms with Gasteiger partial charge in [0.2, 0.25) is 11.8 Å². The summed E-state index contributed by atoms with van der Waals surface area (Å²) in [5.41, 5.74) is 2.60. The fourth-order valence-corrected chi connectivity index (χ4v) is 3.51. The Kier molecular flexibility index (Phi) is 8.37. The summed E-state index contributed by atoms with van der Waals surface area (Å²) < 4.78 is 5.24. The van der Waals surface area contributed by atoms with Gasteiger partial charge in [-0.1, -0.05) is 55.5 Å². The summed E-state index contributed by atoms with van der Waals surface area (Å²) in [4.78, 5) is 32.4. The maximum atomic E-state index is 13.4. The molecule has 3 rings (SSSR count). The average Bonchev–Trinajstić information content (AvgIpc) is 2.84. The molecule has 2 aromatic carbocycles. The molecule has 0 saturated heterocycles. The molecule has 32 heavy (non-hydrogen) atoms. The minimum absolute atomic E-state index is 0.0614. The Balaban J connectivity index is 1.90. The second-order valence-electron chi connectivity index (χ2n) is 7.51. The van der Waals surface area contributed by atoms with E-state index in [0.29, 0.717) is 25.9 Å². The summed E-state index contributed by atoms with van der Waals surface area (Å²) in [6, 6.07) is 20.0. The second kappa shape index (κ2) is 11.6. The van der Waals surface area contributed by atoms with Crippen molar-refractivity contribution in [3.05, 3.63) is 95.8 Å². The van der Waals surface area contributed by atoms with E-state index in [1.165, 1.54) is 0 Å². The predicted molar refractivity (Wildman–Crippen MR) is 124 cm³/mol. The van der Waals surface area contributed by atoms with Crippen LogP contribution < -0.4 is 10.1 Å². The second-order valence-corrected chi connectivity index (χ2v) is 7.51. The van der Waals surface area contributed by atoms with Gasteiger partial charge in [-0.2, -0.15) is 0 Å². The van der Waals surface area contributed by atoms with Crippen LogP contribution in [-0.2, 0) is 22.7 Å². The number of benzene rings is 2. The van der Waals surface area contributed by atoms with Gasteiger partial charge in [0, 0.05) is 31.9 Å². The minimum atomic E-state index is -0.742. The first-order chi connectivity index (χ1) is 15.6. The van der Waals surface area contributed by atoms with E-state index < -0.39 is 6.04 Å². The molecule has 0 aliphatic rings. The summed E-state index contributed by atoms with van der Waals surface area (Å²) in [5, 5.41) is 2.99. The molecule has 0 unspecified atom stereocenters. The number of nitrogens with one attached hydrogen (secondary N) is 1. The predicted octanol–water partition coefficient (Wildman–Crippen LogP) is 4.28. The first kappa shape index (κ1) is 23.0. The lowest BCUT2D eigenvalue weighted by atomic mass is 10.0. The van der Waals surface area contributed by atoms with Crippen molar-refractivity contribution in [2.45, 2.75) is 38.9 Å². The molecule has 1 atom stereocenters. The van der Waals surface area contributed by atoms with Crippen molar-refractivity contribution in [3.8, 4) is 5.75 Å². The van der Waals surface area contributed by atoms with Crippen LogP contribution in [0, 0.1) is 0 Å². The van der Waals surface area contributed by atoms with Gasteiger partial charge in [0.15, 0.2) is 0 Å². The van der Waals surface area contributed by atoms with Crippen LogP contribution in [0.2, 0.25) is 0 Å². The Morgan fingerprint density at radius 2 is 1.75 bits per heavy atom. The van der Waals surface area contributed by atoms with Gasteiger partial charge >= 0.3 is 0 Å². The number of aromatic nitrogens is 1. The van der Waals surface area contributed by atoms with Crippen LogP contribution >= 0.6 is 0 Å². The number of pyridine rings is 1. The van der Waals surface area contributed by atoms with Crippen LogP contribution in [-0.4, -0.2) is 28.8 Å². The molecule has 0 aliphatic heterocycles. The SMILES string of the molecule is CCCC(=O)N(Cc1ccc(OC)cc1)[C@@H](C(=O)NCc1cccnc1)c1ccccc1. The third-order valence-corrected chi connectivity index (χ3v) is 5.16.